The highest BCUT2D eigenvalue weighted by atomic mass is 19.1. The van der Waals surface area contributed by atoms with E-state index in [4.69, 9.17) is 4.74 Å². The molecule has 2 aromatic heterocycles. The van der Waals surface area contributed by atoms with E-state index in [0.29, 0.717) is 32.0 Å². The van der Waals surface area contributed by atoms with Gasteiger partial charge in [0.25, 0.3) is 0 Å². The molecule has 0 spiro atoms. The quantitative estimate of drug-likeness (QED) is 0.432. The predicted octanol–water partition coefficient (Wildman–Crippen LogP) is 5.51. The van der Waals surface area contributed by atoms with Gasteiger partial charge in [0.15, 0.2) is 0 Å². The van der Waals surface area contributed by atoms with Gasteiger partial charge >= 0.3 is 5.97 Å². The van der Waals surface area contributed by atoms with Gasteiger partial charge in [-0.05, 0) is 80.0 Å². The standard InChI is InChI=1S/C26H26FN3O3/c27-19-3-5-20(6-4-19)30-23-12-18-14-28-29-22(18)13-21(23)24(16-1-2-17(11-16)26(31)32)25(30)15-7-9-33-10-8-15/h3-6,12-17H,1-2,7-11H2,(H,28,29)(H,31,32)/t16-,17?/m1/s1. The third-order valence-corrected chi connectivity index (χ3v) is 7.49. The topological polar surface area (TPSA) is 80.1 Å². The summed E-state index contributed by atoms with van der Waals surface area (Å²) in [5.74, 6) is -0.804. The van der Waals surface area contributed by atoms with Crippen LogP contribution in [-0.2, 0) is 9.53 Å². The molecular weight excluding hydrogens is 421 g/mol. The summed E-state index contributed by atoms with van der Waals surface area (Å²) in [5, 5.41) is 19.1. The number of nitrogens with zero attached hydrogens (tertiary/aromatic N) is 2. The molecule has 1 aliphatic heterocycles. The van der Waals surface area contributed by atoms with E-state index < -0.39 is 5.97 Å². The fraction of sp³-hybridized carbons (Fsp3) is 0.385. The van der Waals surface area contributed by atoms with Gasteiger partial charge in [-0.2, -0.15) is 5.10 Å². The van der Waals surface area contributed by atoms with E-state index in [-0.39, 0.29) is 17.7 Å². The van der Waals surface area contributed by atoms with Crippen LogP contribution in [0.3, 0.4) is 0 Å². The summed E-state index contributed by atoms with van der Waals surface area (Å²) >= 11 is 0. The molecule has 2 aliphatic rings. The van der Waals surface area contributed by atoms with Crippen LogP contribution in [0.15, 0.2) is 42.6 Å². The lowest BCUT2D eigenvalue weighted by Crippen LogP contribution is -2.19. The number of halogens is 1. The molecule has 1 saturated heterocycles. The van der Waals surface area contributed by atoms with Gasteiger partial charge < -0.3 is 14.4 Å². The van der Waals surface area contributed by atoms with Crippen molar-refractivity contribution >= 4 is 27.8 Å². The number of fused-ring (bicyclic) bond motifs is 2. The SMILES string of the molecule is O=C(O)C1CC[C@@H](c2c(C3CCOCC3)n(-c3ccc(F)cc3)c3cc4cn[nH]c4cc23)C1. The number of H-pyrrole nitrogens is 1. The summed E-state index contributed by atoms with van der Waals surface area (Å²) in [4.78, 5) is 11.8. The fourth-order valence-corrected chi connectivity index (χ4v) is 5.91. The van der Waals surface area contributed by atoms with Crippen molar-refractivity contribution in [2.75, 3.05) is 13.2 Å². The van der Waals surface area contributed by atoms with Gasteiger partial charge in [-0.15, -0.1) is 0 Å². The maximum Gasteiger partial charge on any atom is 0.306 e. The number of nitrogens with one attached hydrogen (secondary N) is 1. The molecule has 2 aromatic carbocycles. The number of aromatic nitrogens is 3. The lowest BCUT2D eigenvalue weighted by molar-refractivity contribution is -0.141. The molecule has 2 atom stereocenters. The molecule has 33 heavy (non-hydrogen) atoms. The molecule has 6 nitrogen and oxygen atoms in total. The van der Waals surface area contributed by atoms with Gasteiger partial charge in [-0.3, -0.25) is 9.89 Å². The predicted molar refractivity (Wildman–Crippen MR) is 123 cm³/mol. The molecule has 2 fully saturated rings. The second-order valence-corrected chi connectivity index (χ2v) is 9.37. The zero-order chi connectivity index (χ0) is 22.5. The molecule has 0 bridgehead atoms. The third kappa shape index (κ3) is 3.42. The maximum atomic E-state index is 13.8. The Balaban J connectivity index is 1.65. The molecule has 1 unspecified atom stereocenters. The number of carboxylic acids is 1. The van der Waals surface area contributed by atoms with Crippen molar-refractivity contribution in [3.63, 3.8) is 0 Å². The van der Waals surface area contributed by atoms with E-state index in [1.54, 1.807) is 0 Å². The van der Waals surface area contributed by atoms with Crippen molar-refractivity contribution in [1.29, 1.82) is 0 Å². The van der Waals surface area contributed by atoms with E-state index in [0.717, 1.165) is 46.8 Å². The molecule has 2 N–H and O–H groups in total. The molecule has 0 amide bonds. The number of rotatable bonds is 4. The minimum atomic E-state index is -0.705. The second-order valence-electron chi connectivity index (χ2n) is 9.37. The minimum absolute atomic E-state index is 0.175. The summed E-state index contributed by atoms with van der Waals surface area (Å²) < 4.78 is 21.8. The Morgan fingerprint density at radius 1 is 1.09 bits per heavy atom. The Morgan fingerprint density at radius 2 is 1.88 bits per heavy atom. The zero-order valence-corrected chi connectivity index (χ0v) is 18.3. The fourth-order valence-electron chi connectivity index (χ4n) is 5.91. The van der Waals surface area contributed by atoms with Crippen LogP contribution < -0.4 is 0 Å². The molecule has 3 heterocycles. The Kier molecular flexibility index (Phi) is 4.94. The first-order valence-electron chi connectivity index (χ1n) is 11.7. The first-order chi connectivity index (χ1) is 16.1. The number of hydrogen-bond acceptors (Lipinski definition) is 3. The average molecular weight is 448 g/mol. The number of aliphatic carboxylic acids is 1. The van der Waals surface area contributed by atoms with Crippen molar-refractivity contribution < 1.29 is 19.0 Å². The summed E-state index contributed by atoms with van der Waals surface area (Å²) in [6.45, 7) is 1.42. The van der Waals surface area contributed by atoms with Crippen molar-refractivity contribution in [2.45, 2.75) is 43.9 Å². The molecule has 170 valence electrons. The van der Waals surface area contributed by atoms with Crippen LogP contribution >= 0.6 is 0 Å². The van der Waals surface area contributed by atoms with Gasteiger partial charge in [0.2, 0.25) is 0 Å². The minimum Gasteiger partial charge on any atom is -0.481 e. The molecule has 6 rings (SSSR count). The lowest BCUT2D eigenvalue weighted by Gasteiger charge is -2.27. The number of carboxylic acid groups (broad SMARTS) is 1. The third-order valence-electron chi connectivity index (χ3n) is 7.49. The Hall–Kier alpha value is -3.19. The van der Waals surface area contributed by atoms with Crippen LogP contribution in [0.25, 0.3) is 27.5 Å². The number of carbonyl (C=O) groups is 1. The smallest absolute Gasteiger partial charge is 0.306 e. The molecule has 1 aliphatic carbocycles. The van der Waals surface area contributed by atoms with Crippen molar-refractivity contribution in [3.05, 3.63) is 59.7 Å². The second kappa shape index (κ2) is 7.99. The number of hydrogen-bond donors (Lipinski definition) is 2. The zero-order valence-electron chi connectivity index (χ0n) is 18.3. The molecule has 0 radical (unpaired) electrons. The molecule has 1 saturated carbocycles. The molecule has 7 heteroatoms. The first kappa shape index (κ1) is 20.4. The van der Waals surface area contributed by atoms with Crippen molar-refractivity contribution in [3.8, 4) is 5.69 Å². The molecular formula is C26H26FN3O3. The summed E-state index contributed by atoms with van der Waals surface area (Å²) in [7, 11) is 0. The average Bonchev–Trinajstić information content (AvgIpc) is 3.55. The van der Waals surface area contributed by atoms with Crippen LogP contribution in [0.5, 0.6) is 0 Å². The van der Waals surface area contributed by atoms with Crippen LogP contribution in [-0.4, -0.2) is 39.1 Å². The van der Waals surface area contributed by atoms with E-state index >= 15 is 0 Å². The van der Waals surface area contributed by atoms with Gasteiger partial charge in [-0.25, -0.2) is 4.39 Å². The van der Waals surface area contributed by atoms with E-state index in [9.17, 15) is 14.3 Å². The molecule has 4 aromatic rings. The highest BCUT2D eigenvalue weighted by Gasteiger charge is 2.36. The maximum absolute atomic E-state index is 13.8. The highest BCUT2D eigenvalue weighted by molar-refractivity contribution is 5.99. The van der Waals surface area contributed by atoms with Crippen LogP contribution in [0.2, 0.25) is 0 Å². The van der Waals surface area contributed by atoms with Crippen LogP contribution in [0.4, 0.5) is 4.39 Å². The number of benzene rings is 2. The summed E-state index contributed by atoms with van der Waals surface area (Å²) in [6.07, 6.45) is 5.85. The Morgan fingerprint density at radius 3 is 2.61 bits per heavy atom. The Labute approximate surface area is 190 Å². The summed E-state index contributed by atoms with van der Waals surface area (Å²) in [5.41, 5.74) is 5.43. The van der Waals surface area contributed by atoms with E-state index in [1.807, 2.05) is 18.3 Å². The van der Waals surface area contributed by atoms with Crippen LogP contribution in [0.1, 0.15) is 55.2 Å². The van der Waals surface area contributed by atoms with E-state index in [2.05, 4.69) is 26.9 Å². The number of ether oxygens (including phenoxy) is 1. The van der Waals surface area contributed by atoms with Crippen molar-refractivity contribution in [1.82, 2.24) is 14.8 Å². The lowest BCUT2D eigenvalue weighted by atomic mass is 9.86. The summed E-state index contributed by atoms with van der Waals surface area (Å²) in [6, 6.07) is 11.0. The van der Waals surface area contributed by atoms with Gasteiger partial charge in [0, 0.05) is 41.3 Å². The highest BCUT2D eigenvalue weighted by Crippen LogP contribution is 2.48. The normalized spacial score (nSPS) is 21.8. The van der Waals surface area contributed by atoms with Crippen molar-refractivity contribution in [2.24, 2.45) is 5.92 Å². The Bertz CT molecular complexity index is 1330. The van der Waals surface area contributed by atoms with E-state index in [1.165, 1.54) is 23.4 Å². The first-order valence-corrected chi connectivity index (χ1v) is 11.7. The van der Waals surface area contributed by atoms with Gasteiger partial charge in [-0.1, -0.05) is 0 Å². The largest absolute Gasteiger partial charge is 0.481 e. The van der Waals surface area contributed by atoms with Gasteiger partial charge in [0.1, 0.15) is 5.82 Å². The monoisotopic (exact) mass is 447 g/mol. The van der Waals surface area contributed by atoms with Crippen LogP contribution in [0, 0.1) is 11.7 Å². The van der Waals surface area contributed by atoms with Gasteiger partial charge in [0.05, 0.1) is 23.1 Å². The number of aromatic amines is 1.